The molecular formula is C31H22N4O7. The van der Waals surface area contributed by atoms with Gasteiger partial charge in [0.15, 0.2) is 0 Å². The second-order valence-corrected chi connectivity index (χ2v) is 9.24. The number of carbonyl (C=O) groups excluding carboxylic acids is 5. The molecule has 208 valence electrons. The van der Waals surface area contributed by atoms with E-state index < -0.39 is 42.0 Å². The van der Waals surface area contributed by atoms with E-state index in [-0.39, 0.29) is 16.7 Å². The van der Waals surface area contributed by atoms with Gasteiger partial charge >= 0.3 is 5.97 Å². The summed E-state index contributed by atoms with van der Waals surface area (Å²) >= 11 is 0. The van der Waals surface area contributed by atoms with Crippen LogP contribution >= 0.6 is 0 Å². The molecule has 4 aromatic rings. The lowest BCUT2D eigenvalue weighted by Gasteiger charge is -2.14. The average molecular weight is 563 g/mol. The number of carbonyl (C=O) groups is 6. The zero-order valence-corrected chi connectivity index (χ0v) is 21.8. The SMILES string of the molecule is O=C(CN1C(=O)c2ccccc2C1=O)Nc1ccc(C(=O)Nc2ccc(C(=O)Nc3ccc(C(=O)O)cc3)cc2)cc1. The van der Waals surface area contributed by atoms with Crippen LogP contribution in [0.25, 0.3) is 0 Å². The van der Waals surface area contributed by atoms with E-state index in [0.29, 0.717) is 28.2 Å². The summed E-state index contributed by atoms with van der Waals surface area (Å²) in [6, 6.07) is 24.3. The number of hydrogen-bond donors (Lipinski definition) is 4. The lowest BCUT2D eigenvalue weighted by atomic mass is 10.1. The molecule has 11 heteroatoms. The summed E-state index contributed by atoms with van der Waals surface area (Å²) in [4.78, 5) is 74.5. The number of aromatic carboxylic acids is 1. The van der Waals surface area contributed by atoms with Gasteiger partial charge in [-0.05, 0) is 84.9 Å². The molecule has 4 N–H and O–H groups in total. The van der Waals surface area contributed by atoms with Crippen molar-refractivity contribution in [2.75, 3.05) is 22.5 Å². The number of anilines is 3. The molecule has 0 radical (unpaired) electrons. The Kier molecular flexibility index (Phi) is 7.56. The molecule has 0 saturated heterocycles. The molecule has 0 fully saturated rings. The lowest BCUT2D eigenvalue weighted by Crippen LogP contribution is -2.37. The molecule has 1 aliphatic heterocycles. The summed E-state index contributed by atoms with van der Waals surface area (Å²) in [5.74, 6) is -3.52. The Balaban J connectivity index is 1.13. The summed E-state index contributed by atoms with van der Waals surface area (Å²) in [5, 5.41) is 17.0. The molecule has 1 aliphatic rings. The second-order valence-electron chi connectivity index (χ2n) is 9.24. The number of amides is 5. The van der Waals surface area contributed by atoms with Crippen molar-refractivity contribution in [3.63, 3.8) is 0 Å². The molecule has 5 amide bonds. The van der Waals surface area contributed by atoms with Gasteiger partial charge in [0.05, 0.1) is 16.7 Å². The van der Waals surface area contributed by atoms with Gasteiger partial charge in [0, 0.05) is 28.2 Å². The number of nitrogens with one attached hydrogen (secondary N) is 3. The summed E-state index contributed by atoms with van der Waals surface area (Å²) < 4.78 is 0. The zero-order valence-electron chi connectivity index (χ0n) is 21.8. The van der Waals surface area contributed by atoms with Gasteiger partial charge in [-0.2, -0.15) is 0 Å². The molecule has 0 bridgehead atoms. The van der Waals surface area contributed by atoms with E-state index >= 15 is 0 Å². The number of imide groups is 1. The van der Waals surface area contributed by atoms with Gasteiger partial charge in [-0.3, -0.25) is 28.9 Å². The monoisotopic (exact) mass is 562 g/mol. The van der Waals surface area contributed by atoms with Crippen LogP contribution in [0.1, 0.15) is 51.8 Å². The Labute approximate surface area is 238 Å². The van der Waals surface area contributed by atoms with Crippen molar-refractivity contribution >= 4 is 52.6 Å². The van der Waals surface area contributed by atoms with Crippen molar-refractivity contribution in [1.82, 2.24) is 4.90 Å². The number of benzene rings is 4. The maximum absolute atomic E-state index is 12.7. The first-order valence-electron chi connectivity index (χ1n) is 12.6. The van der Waals surface area contributed by atoms with Gasteiger partial charge in [-0.15, -0.1) is 0 Å². The summed E-state index contributed by atoms with van der Waals surface area (Å²) in [6.07, 6.45) is 0. The van der Waals surface area contributed by atoms with Crippen LogP contribution in [0.5, 0.6) is 0 Å². The summed E-state index contributed by atoms with van der Waals surface area (Å²) in [7, 11) is 0. The molecule has 0 saturated carbocycles. The van der Waals surface area contributed by atoms with E-state index in [1.165, 1.54) is 72.8 Å². The van der Waals surface area contributed by atoms with E-state index in [4.69, 9.17) is 5.11 Å². The van der Waals surface area contributed by atoms with Crippen molar-refractivity contribution in [2.24, 2.45) is 0 Å². The van der Waals surface area contributed by atoms with E-state index in [1.807, 2.05) is 0 Å². The molecular weight excluding hydrogens is 540 g/mol. The summed E-state index contributed by atoms with van der Waals surface area (Å²) in [6.45, 7) is -0.445. The molecule has 0 aliphatic carbocycles. The maximum Gasteiger partial charge on any atom is 0.335 e. The predicted molar refractivity (Wildman–Crippen MR) is 153 cm³/mol. The smallest absolute Gasteiger partial charge is 0.335 e. The Morgan fingerprint density at radius 1 is 0.548 bits per heavy atom. The van der Waals surface area contributed by atoms with Crippen LogP contribution < -0.4 is 16.0 Å². The fourth-order valence-electron chi connectivity index (χ4n) is 4.24. The highest BCUT2D eigenvalue weighted by Crippen LogP contribution is 2.22. The van der Waals surface area contributed by atoms with Crippen LogP contribution in [0.3, 0.4) is 0 Å². The van der Waals surface area contributed by atoms with Crippen LogP contribution in [0.15, 0.2) is 97.1 Å². The van der Waals surface area contributed by atoms with Gasteiger partial charge in [0.25, 0.3) is 23.6 Å². The number of rotatable bonds is 8. The molecule has 0 unspecified atom stereocenters. The zero-order chi connectivity index (χ0) is 29.8. The molecule has 0 aromatic heterocycles. The normalized spacial score (nSPS) is 12.0. The van der Waals surface area contributed by atoms with Gasteiger partial charge in [0.1, 0.15) is 6.54 Å². The largest absolute Gasteiger partial charge is 0.478 e. The minimum atomic E-state index is -1.06. The summed E-state index contributed by atoms with van der Waals surface area (Å²) in [5.41, 5.74) is 2.51. The van der Waals surface area contributed by atoms with E-state index in [0.717, 1.165) is 4.90 Å². The number of hydrogen-bond acceptors (Lipinski definition) is 6. The number of nitrogens with zero attached hydrogens (tertiary/aromatic N) is 1. The molecule has 4 aromatic carbocycles. The second kappa shape index (κ2) is 11.6. The maximum atomic E-state index is 12.7. The van der Waals surface area contributed by atoms with Gasteiger partial charge in [0.2, 0.25) is 5.91 Å². The van der Waals surface area contributed by atoms with E-state index in [1.54, 1.807) is 24.3 Å². The first-order valence-corrected chi connectivity index (χ1v) is 12.6. The molecule has 0 spiro atoms. The molecule has 0 atom stereocenters. The third-order valence-electron chi connectivity index (χ3n) is 6.41. The van der Waals surface area contributed by atoms with Crippen LogP contribution in [0.4, 0.5) is 17.1 Å². The quantitative estimate of drug-likeness (QED) is 0.235. The number of carboxylic acid groups (broad SMARTS) is 1. The first-order chi connectivity index (χ1) is 20.2. The third kappa shape index (κ3) is 5.89. The van der Waals surface area contributed by atoms with Crippen LogP contribution in [-0.2, 0) is 4.79 Å². The molecule has 5 rings (SSSR count). The molecule has 11 nitrogen and oxygen atoms in total. The average Bonchev–Trinajstić information content (AvgIpc) is 3.23. The Bertz CT molecular complexity index is 1700. The highest BCUT2D eigenvalue weighted by atomic mass is 16.4. The van der Waals surface area contributed by atoms with E-state index in [9.17, 15) is 28.8 Å². The van der Waals surface area contributed by atoms with Crippen LogP contribution in [0, 0.1) is 0 Å². The van der Waals surface area contributed by atoms with Gasteiger partial charge in [-0.25, -0.2) is 4.79 Å². The van der Waals surface area contributed by atoms with E-state index in [2.05, 4.69) is 16.0 Å². The van der Waals surface area contributed by atoms with Crippen molar-refractivity contribution in [2.45, 2.75) is 0 Å². The van der Waals surface area contributed by atoms with Gasteiger partial charge < -0.3 is 21.1 Å². The molecule has 42 heavy (non-hydrogen) atoms. The third-order valence-corrected chi connectivity index (χ3v) is 6.41. The van der Waals surface area contributed by atoms with Crippen LogP contribution in [0.2, 0.25) is 0 Å². The minimum absolute atomic E-state index is 0.104. The Hall–Kier alpha value is -6.10. The Morgan fingerprint density at radius 2 is 0.929 bits per heavy atom. The van der Waals surface area contributed by atoms with Crippen molar-refractivity contribution < 1.29 is 33.9 Å². The van der Waals surface area contributed by atoms with Gasteiger partial charge in [-0.1, -0.05) is 12.1 Å². The van der Waals surface area contributed by atoms with Crippen molar-refractivity contribution in [3.05, 3.63) is 125 Å². The highest BCUT2D eigenvalue weighted by Gasteiger charge is 2.36. The molecule has 1 heterocycles. The first kappa shape index (κ1) is 27.5. The predicted octanol–water partition coefficient (Wildman–Crippen LogP) is 4.12. The number of fused-ring (bicyclic) bond motifs is 1. The van der Waals surface area contributed by atoms with Crippen molar-refractivity contribution in [3.8, 4) is 0 Å². The minimum Gasteiger partial charge on any atom is -0.478 e. The highest BCUT2D eigenvalue weighted by molar-refractivity contribution is 6.22. The fourth-order valence-corrected chi connectivity index (χ4v) is 4.24. The van der Waals surface area contributed by atoms with Crippen molar-refractivity contribution in [1.29, 1.82) is 0 Å². The standard InChI is InChI=1S/C31H22N4O7/c36-26(17-35-29(39)24-3-1-2-4-25(24)30(35)40)32-21-11-5-18(6-12-21)27(37)33-22-13-7-19(8-14-22)28(38)34-23-15-9-20(10-16-23)31(41)42/h1-16H,17H2,(H,32,36)(H,33,37)(H,34,38)(H,41,42). The number of carboxylic acids is 1. The lowest BCUT2D eigenvalue weighted by molar-refractivity contribution is -0.116. The Morgan fingerprint density at radius 3 is 1.33 bits per heavy atom. The topological polar surface area (TPSA) is 162 Å². The fraction of sp³-hybridized carbons (Fsp3) is 0.0323. The van der Waals surface area contributed by atoms with Crippen LogP contribution in [-0.4, -0.2) is 52.1 Å².